The van der Waals surface area contributed by atoms with Crippen molar-refractivity contribution in [1.29, 1.82) is 0 Å². The number of hydrogen-bond donors (Lipinski definition) is 1. The summed E-state index contributed by atoms with van der Waals surface area (Å²) in [6.45, 7) is 0.0851. The van der Waals surface area contributed by atoms with Gasteiger partial charge in [0.2, 0.25) is 11.8 Å². The van der Waals surface area contributed by atoms with Gasteiger partial charge in [-0.25, -0.2) is 0 Å². The molecule has 1 aliphatic rings. The van der Waals surface area contributed by atoms with E-state index < -0.39 is 0 Å². The Balaban J connectivity index is 1.90. The predicted molar refractivity (Wildman–Crippen MR) is 91.0 cm³/mol. The van der Waals surface area contributed by atoms with Gasteiger partial charge in [-0.15, -0.1) is 11.8 Å². The molecule has 1 aromatic rings. The fourth-order valence-corrected chi connectivity index (χ4v) is 3.11. The number of amides is 2. The molecule has 1 aromatic carbocycles. The van der Waals surface area contributed by atoms with Crippen molar-refractivity contribution in [3.8, 4) is 0 Å². The van der Waals surface area contributed by atoms with Crippen LogP contribution in [0, 0.1) is 5.92 Å². The van der Waals surface area contributed by atoms with E-state index >= 15 is 0 Å². The molecule has 0 fully saturated rings. The molecule has 1 unspecified atom stereocenters. The van der Waals surface area contributed by atoms with Gasteiger partial charge in [0.15, 0.2) is 0 Å². The van der Waals surface area contributed by atoms with Crippen LogP contribution < -0.4 is 5.32 Å². The van der Waals surface area contributed by atoms with Crippen molar-refractivity contribution in [1.82, 2.24) is 4.90 Å². The zero-order valence-corrected chi connectivity index (χ0v) is 13.9. The Hall–Kier alpha value is -1.75. The first kappa shape index (κ1) is 16.6. The van der Waals surface area contributed by atoms with E-state index in [9.17, 15) is 9.59 Å². The van der Waals surface area contributed by atoms with Crippen molar-refractivity contribution >= 4 is 29.3 Å². The van der Waals surface area contributed by atoms with Crippen LogP contribution in [0.1, 0.15) is 19.3 Å². The summed E-state index contributed by atoms with van der Waals surface area (Å²) in [7, 11) is 1.70. The predicted octanol–water partition coefficient (Wildman–Crippen LogP) is 3.16. The number of thioether (sulfide) groups is 1. The third-order valence-corrected chi connectivity index (χ3v) is 4.55. The van der Waals surface area contributed by atoms with E-state index in [2.05, 4.69) is 17.5 Å². The summed E-state index contributed by atoms with van der Waals surface area (Å²) in [6.07, 6.45) is 8.72. The topological polar surface area (TPSA) is 49.4 Å². The lowest BCUT2D eigenvalue weighted by Crippen LogP contribution is -2.38. The van der Waals surface area contributed by atoms with Crippen LogP contribution in [-0.4, -0.2) is 36.6 Å². The smallest absolute Gasteiger partial charge is 0.244 e. The number of benzene rings is 1. The van der Waals surface area contributed by atoms with Gasteiger partial charge in [0, 0.05) is 17.9 Å². The Morgan fingerprint density at radius 2 is 2.09 bits per heavy atom. The number of rotatable bonds is 5. The van der Waals surface area contributed by atoms with Crippen LogP contribution in [0.4, 0.5) is 5.69 Å². The molecule has 5 heteroatoms. The molecule has 1 aliphatic carbocycles. The molecule has 0 spiro atoms. The summed E-state index contributed by atoms with van der Waals surface area (Å²) in [5.41, 5.74) is 0.793. The van der Waals surface area contributed by atoms with Gasteiger partial charge in [-0.3, -0.25) is 9.59 Å². The SMILES string of the molecule is CSc1ccccc1NC(=O)CN(C)C(=O)C1CC=CCC1. The molecule has 22 heavy (non-hydrogen) atoms. The fourth-order valence-electron chi connectivity index (χ4n) is 2.56. The van der Waals surface area contributed by atoms with E-state index in [4.69, 9.17) is 0 Å². The number of para-hydroxylation sites is 1. The minimum absolute atomic E-state index is 0.0151. The second kappa shape index (κ2) is 8.03. The highest BCUT2D eigenvalue weighted by Crippen LogP contribution is 2.24. The highest BCUT2D eigenvalue weighted by atomic mass is 32.2. The molecule has 0 heterocycles. The summed E-state index contributed by atoms with van der Waals surface area (Å²) in [5.74, 6) is -0.0948. The van der Waals surface area contributed by atoms with Gasteiger partial charge in [-0.2, -0.15) is 0 Å². The average Bonchev–Trinajstić information content (AvgIpc) is 2.55. The first-order valence-corrected chi connectivity index (χ1v) is 8.67. The van der Waals surface area contributed by atoms with Crippen molar-refractivity contribution in [2.24, 2.45) is 5.92 Å². The van der Waals surface area contributed by atoms with Crippen LogP contribution in [0.3, 0.4) is 0 Å². The van der Waals surface area contributed by atoms with Gasteiger partial charge in [-0.05, 0) is 37.7 Å². The van der Waals surface area contributed by atoms with Crippen molar-refractivity contribution in [3.05, 3.63) is 36.4 Å². The van der Waals surface area contributed by atoms with Crippen LogP contribution in [0.25, 0.3) is 0 Å². The first-order chi connectivity index (χ1) is 10.6. The molecule has 2 amide bonds. The molecule has 118 valence electrons. The summed E-state index contributed by atoms with van der Waals surface area (Å²) >= 11 is 1.58. The molecule has 0 aromatic heterocycles. The number of anilines is 1. The van der Waals surface area contributed by atoms with Gasteiger partial charge in [0.1, 0.15) is 0 Å². The Bertz CT molecular complexity index is 572. The lowest BCUT2D eigenvalue weighted by atomic mass is 9.93. The summed E-state index contributed by atoms with van der Waals surface area (Å²) < 4.78 is 0. The highest BCUT2D eigenvalue weighted by Gasteiger charge is 2.23. The molecular weight excluding hydrogens is 296 g/mol. The van der Waals surface area contributed by atoms with E-state index in [1.54, 1.807) is 18.8 Å². The molecule has 1 atom stereocenters. The van der Waals surface area contributed by atoms with Gasteiger partial charge >= 0.3 is 0 Å². The Kier molecular flexibility index (Phi) is 6.07. The quantitative estimate of drug-likeness (QED) is 0.670. The number of allylic oxidation sites excluding steroid dienone is 2. The standard InChI is InChI=1S/C17H22N2O2S/c1-19(17(21)13-8-4-3-5-9-13)12-16(20)18-14-10-6-7-11-15(14)22-2/h3-4,6-7,10-11,13H,5,8-9,12H2,1-2H3,(H,18,20). The number of nitrogens with one attached hydrogen (secondary N) is 1. The van der Waals surface area contributed by atoms with E-state index in [-0.39, 0.29) is 24.3 Å². The zero-order valence-electron chi connectivity index (χ0n) is 13.0. The number of hydrogen-bond acceptors (Lipinski definition) is 3. The largest absolute Gasteiger partial charge is 0.336 e. The minimum atomic E-state index is -0.163. The maximum Gasteiger partial charge on any atom is 0.244 e. The summed E-state index contributed by atoms with van der Waals surface area (Å²) in [5, 5.41) is 2.88. The Morgan fingerprint density at radius 3 is 2.77 bits per heavy atom. The molecular formula is C17H22N2O2S. The second-order valence-corrected chi connectivity index (χ2v) is 6.27. The van der Waals surface area contributed by atoms with E-state index in [1.807, 2.05) is 30.5 Å². The van der Waals surface area contributed by atoms with Crippen LogP contribution in [0.5, 0.6) is 0 Å². The molecule has 1 N–H and O–H groups in total. The molecule has 0 radical (unpaired) electrons. The monoisotopic (exact) mass is 318 g/mol. The van der Waals surface area contributed by atoms with Crippen molar-refractivity contribution in [2.75, 3.05) is 25.2 Å². The maximum absolute atomic E-state index is 12.3. The lowest BCUT2D eigenvalue weighted by Gasteiger charge is -2.24. The van der Waals surface area contributed by atoms with Crippen molar-refractivity contribution in [2.45, 2.75) is 24.2 Å². The highest BCUT2D eigenvalue weighted by molar-refractivity contribution is 7.98. The van der Waals surface area contributed by atoms with Gasteiger partial charge in [0.05, 0.1) is 12.2 Å². The normalized spacial score (nSPS) is 17.1. The third-order valence-electron chi connectivity index (χ3n) is 3.76. The third kappa shape index (κ3) is 4.37. The van der Waals surface area contributed by atoms with Crippen molar-refractivity contribution in [3.63, 3.8) is 0 Å². The van der Waals surface area contributed by atoms with Gasteiger partial charge in [-0.1, -0.05) is 24.3 Å². The van der Waals surface area contributed by atoms with E-state index in [1.165, 1.54) is 4.90 Å². The molecule has 0 bridgehead atoms. The first-order valence-electron chi connectivity index (χ1n) is 7.44. The van der Waals surface area contributed by atoms with Crippen LogP contribution >= 0.6 is 11.8 Å². The summed E-state index contributed by atoms with van der Waals surface area (Å²) in [6, 6.07) is 7.66. The van der Waals surface area contributed by atoms with Crippen LogP contribution in [-0.2, 0) is 9.59 Å². The zero-order chi connectivity index (χ0) is 15.9. The van der Waals surface area contributed by atoms with E-state index in [0.717, 1.165) is 29.8 Å². The van der Waals surface area contributed by atoms with E-state index in [0.29, 0.717) is 0 Å². The van der Waals surface area contributed by atoms with Crippen molar-refractivity contribution < 1.29 is 9.59 Å². The Labute approximate surface area is 136 Å². The minimum Gasteiger partial charge on any atom is -0.336 e. The molecule has 4 nitrogen and oxygen atoms in total. The lowest BCUT2D eigenvalue weighted by molar-refractivity contribution is -0.137. The number of likely N-dealkylation sites (N-methyl/N-ethyl adjacent to an activating group) is 1. The van der Waals surface area contributed by atoms with Gasteiger partial charge in [0.25, 0.3) is 0 Å². The molecule has 0 saturated heterocycles. The average molecular weight is 318 g/mol. The number of nitrogens with zero attached hydrogens (tertiary/aromatic N) is 1. The fraction of sp³-hybridized carbons (Fsp3) is 0.412. The summed E-state index contributed by atoms with van der Waals surface area (Å²) in [4.78, 5) is 27.0. The maximum atomic E-state index is 12.3. The number of carbonyl (C=O) groups is 2. The van der Waals surface area contributed by atoms with Gasteiger partial charge < -0.3 is 10.2 Å². The second-order valence-electron chi connectivity index (χ2n) is 5.42. The molecule has 0 saturated carbocycles. The van der Waals surface area contributed by atoms with Crippen LogP contribution in [0.15, 0.2) is 41.3 Å². The Morgan fingerprint density at radius 1 is 1.32 bits per heavy atom. The number of carbonyl (C=O) groups excluding carboxylic acids is 2. The molecule has 0 aliphatic heterocycles. The molecule has 2 rings (SSSR count). The van der Waals surface area contributed by atoms with Crippen LogP contribution in [0.2, 0.25) is 0 Å².